The molecule has 0 aromatic carbocycles. The van der Waals surface area contributed by atoms with Crippen LogP contribution in [0.4, 0.5) is 0 Å². The van der Waals surface area contributed by atoms with Gasteiger partial charge in [-0.15, -0.1) is 0 Å². The maximum atomic E-state index is 5.05. The van der Waals surface area contributed by atoms with Crippen molar-refractivity contribution in [3.63, 3.8) is 0 Å². The van der Waals surface area contributed by atoms with Gasteiger partial charge < -0.3 is 9.84 Å². The van der Waals surface area contributed by atoms with E-state index in [0.717, 1.165) is 18.7 Å². The normalized spacial score (nSPS) is 14.5. The fourth-order valence-electron chi connectivity index (χ4n) is 2.14. The summed E-state index contributed by atoms with van der Waals surface area (Å²) in [7, 11) is 1.93. The fraction of sp³-hybridized carbons (Fsp3) is 0.615. The molecule has 2 aromatic heterocycles. The molecule has 2 rings (SSSR count). The number of hydrogen-bond acceptors (Lipinski definition) is 5. The Morgan fingerprint density at radius 2 is 2.05 bits per heavy atom. The zero-order valence-electron chi connectivity index (χ0n) is 11.9. The second-order valence-corrected chi connectivity index (χ2v) is 4.71. The van der Waals surface area contributed by atoms with Gasteiger partial charge >= 0.3 is 0 Å². The SMILES string of the molecule is CC[C@H](N[C@@H](CC)c1noc(C)n1)c1cnn(C)c1. The van der Waals surface area contributed by atoms with Crippen molar-refractivity contribution < 1.29 is 4.52 Å². The lowest BCUT2D eigenvalue weighted by molar-refractivity contribution is 0.361. The highest BCUT2D eigenvalue weighted by Gasteiger charge is 2.20. The first-order valence-electron chi connectivity index (χ1n) is 6.68. The molecule has 0 unspecified atom stereocenters. The molecule has 0 fully saturated rings. The third-order valence-corrected chi connectivity index (χ3v) is 3.20. The van der Waals surface area contributed by atoms with Gasteiger partial charge in [0.15, 0.2) is 5.82 Å². The number of aryl methyl sites for hydroxylation is 2. The second kappa shape index (κ2) is 5.97. The Kier molecular flexibility index (Phi) is 4.31. The van der Waals surface area contributed by atoms with Gasteiger partial charge in [0, 0.05) is 31.8 Å². The minimum atomic E-state index is 0.0996. The molecule has 0 spiro atoms. The number of nitrogens with one attached hydrogen (secondary N) is 1. The molecule has 0 aliphatic rings. The van der Waals surface area contributed by atoms with E-state index in [1.54, 1.807) is 0 Å². The van der Waals surface area contributed by atoms with Crippen LogP contribution in [0.25, 0.3) is 0 Å². The quantitative estimate of drug-likeness (QED) is 0.866. The maximum Gasteiger partial charge on any atom is 0.223 e. The van der Waals surface area contributed by atoms with E-state index >= 15 is 0 Å². The van der Waals surface area contributed by atoms with Crippen molar-refractivity contribution in [3.05, 3.63) is 29.7 Å². The Hall–Kier alpha value is -1.69. The molecule has 104 valence electrons. The van der Waals surface area contributed by atoms with E-state index < -0.39 is 0 Å². The van der Waals surface area contributed by atoms with Crippen LogP contribution in [0.15, 0.2) is 16.9 Å². The van der Waals surface area contributed by atoms with Crippen molar-refractivity contribution in [2.45, 2.75) is 45.7 Å². The monoisotopic (exact) mass is 263 g/mol. The predicted molar refractivity (Wildman–Crippen MR) is 71.4 cm³/mol. The van der Waals surface area contributed by atoms with Crippen molar-refractivity contribution in [1.29, 1.82) is 0 Å². The number of aromatic nitrogens is 4. The number of nitrogens with zero attached hydrogens (tertiary/aromatic N) is 4. The van der Waals surface area contributed by atoms with Gasteiger partial charge in [0.05, 0.1) is 12.2 Å². The van der Waals surface area contributed by atoms with Crippen LogP contribution in [0.3, 0.4) is 0 Å². The third-order valence-electron chi connectivity index (χ3n) is 3.20. The Morgan fingerprint density at radius 1 is 1.32 bits per heavy atom. The lowest BCUT2D eigenvalue weighted by Gasteiger charge is -2.21. The summed E-state index contributed by atoms with van der Waals surface area (Å²) in [6, 6.07) is 0.347. The molecule has 0 aliphatic heterocycles. The zero-order valence-corrected chi connectivity index (χ0v) is 11.9. The largest absolute Gasteiger partial charge is 0.340 e. The van der Waals surface area contributed by atoms with E-state index in [1.165, 1.54) is 5.56 Å². The van der Waals surface area contributed by atoms with Crippen molar-refractivity contribution in [1.82, 2.24) is 25.2 Å². The van der Waals surface area contributed by atoms with Crippen molar-refractivity contribution in [3.8, 4) is 0 Å². The second-order valence-electron chi connectivity index (χ2n) is 4.71. The van der Waals surface area contributed by atoms with Gasteiger partial charge in [0.2, 0.25) is 5.89 Å². The summed E-state index contributed by atoms with van der Waals surface area (Å²) in [5, 5.41) is 11.8. The van der Waals surface area contributed by atoms with Gasteiger partial charge in [-0.3, -0.25) is 4.68 Å². The first kappa shape index (κ1) is 13.7. The van der Waals surface area contributed by atoms with E-state index in [0.29, 0.717) is 5.89 Å². The molecule has 2 atom stereocenters. The molecule has 2 heterocycles. The molecule has 0 bridgehead atoms. The average Bonchev–Trinajstić information content (AvgIpc) is 3.00. The molecule has 1 N–H and O–H groups in total. The summed E-state index contributed by atoms with van der Waals surface area (Å²) in [5.74, 6) is 1.33. The number of hydrogen-bond donors (Lipinski definition) is 1. The van der Waals surface area contributed by atoms with E-state index in [4.69, 9.17) is 4.52 Å². The van der Waals surface area contributed by atoms with Crippen LogP contribution in [0, 0.1) is 6.92 Å². The summed E-state index contributed by atoms with van der Waals surface area (Å²) in [4.78, 5) is 4.31. The topological polar surface area (TPSA) is 68.8 Å². The van der Waals surface area contributed by atoms with Crippen LogP contribution < -0.4 is 5.32 Å². The molecule has 0 radical (unpaired) electrons. The highest BCUT2D eigenvalue weighted by molar-refractivity contribution is 5.11. The van der Waals surface area contributed by atoms with Gasteiger partial charge in [-0.05, 0) is 12.8 Å². The smallest absolute Gasteiger partial charge is 0.223 e. The molecule has 19 heavy (non-hydrogen) atoms. The van der Waals surface area contributed by atoms with Gasteiger partial charge in [-0.25, -0.2) is 0 Å². The fourth-order valence-corrected chi connectivity index (χ4v) is 2.14. The van der Waals surface area contributed by atoms with Crippen LogP contribution >= 0.6 is 0 Å². The minimum Gasteiger partial charge on any atom is -0.340 e. The first-order valence-corrected chi connectivity index (χ1v) is 6.68. The van der Waals surface area contributed by atoms with Crippen LogP contribution in [-0.4, -0.2) is 19.9 Å². The Balaban J connectivity index is 2.12. The Labute approximate surface area is 113 Å². The zero-order chi connectivity index (χ0) is 13.8. The Morgan fingerprint density at radius 3 is 2.53 bits per heavy atom. The summed E-state index contributed by atoms with van der Waals surface area (Å²) in [5.41, 5.74) is 1.18. The van der Waals surface area contributed by atoms with E-state index in [1.807, 2.05) is 31.0 Å². The molecule has 6 nitrogen and oxygen atoms in total. The predicted octanol–water partition coefficient (Wildman–Crippen LogP) is 2.30. The summed E-state index contributed by atoms with van der Waals surface area (Å²) >= 11 is 0. The molecule has 0 saturated carbocycles. The van der Waals surface area contributed by atoms with E-state index in [2.05, 4.69) is 34.4 Å². The van der Waals surface area contributed by atoms with Gasteiger partial charge in [-0.1, -0.05) is 19.0 Å². The summed E-state index contributed by atoms with van der Waals surface area (Å²) in [6.45, 7) is 6.07. The highest BCUT2D eigenvalue weighted by Crippen LogP contribution is 2.22. The van der Waals surface area contributed by atoms with Crippen LogP contribution in [0.5, 0.6) is 0 Å². The van der Waals surface area contributed by atoms with Crippen molar-refractivity contribution >= 4 is 0 Å². The standard InChI is InChI=1S/C13H21N5O/c1-5-11(10-7-14-18(4)8-10)16-12(6-2)13-15-9(3)19-17-13/h7-8,11-12,16H,5-6H2,1-4H3/t11-,12-/m0/s1. The molecular weight excluding hydrogens is 242 g/mol. The van der Waals surface area contributed by atoms with Crippen LogP contribution in [-0.2, 0) is 7.05 Å². The minimum absolute atomic E-state index is 0.0996. The third kappa shape index (κ3) is 3.20. The first-order chi connectivity index (χ1) is 9.13. The molecule has 6 heteroatoms. The van der Waals surface area contributed by atoms with Crippen LogP contribution in [0.2, 0.25) is 0 Å². The average molecular weight is 263 g/mol. The lowest BCUT2D eigenvalue weighted by atomic mass is 10.1. The van der Waals surface area contributed by atoms with E-state index in [9.17, 15) is 0 Å². The van der Waals surface area contributed by atoms with Gasteiger partial charge in [-0.2, -0.15) is 10.1 Å². The van der Waals surface area contributed by atoms with Crippen molar-refractivity contribution in [2.75, 3.05) is 0 Å². The van der Waals surface area contributed by atoms with E-state index in [-0.39, 0.29) is 12.1 Å². The summed E-state index contributed by atoms with van der Waals surface area (Å²) < 4.78 is 6.87. The van der Waals surface area contributed by atoms with Gasteiger partial charge in [0.1, 0.15) is 0 Å². The lowest BCUT2D eigenvalue weighted by Crippen LogP contribution is -2.26. The molecule has 0 aliphatic carbocycles. The van der Waals surface area contributed by atoms with Gasteiger partial charge in [0.25, 0.3) is 0 Å². The van der Waals surface area contributed by atoms with Crippen LogP contribution in [0.1, 0.15) is 56.1 Å². The molecule has 0 amide bonds. The van der Waals surface area contributed by atoms with Crippen molar-refractivity contribution in [2.24, 2.45) is 7.05 Å². The molecule has 2 aromatic rings. The summed E-state index contributed by atoms with van der Waals surface area (Å²) in [6.07, 6.45) is 5.83. The molecule has 0 saturated heterocycles. The Bertz CT molecular complexity index is 472. The number of rotatable bonds is 6. The highest BCUT2D eigenvalue weighted by atomic mass is 16.5. The molecular formula is C13H21N5O. The maximum absolute atomic E-state index is 5.05.